The number of alkyl halides is 3. The van der Waals surface area contributed by atoms with Crippen LogP contribution in [-0.2, 0) is 17.5 Å². The fourth-order valence-corrected chi connectivity index (χ4v) is 3.89. The maximum absolute atomic E-state index is 13.5. The Labute approximate surface area is 220 Å². The zero-order chi connectivity index (χ0) is 27.2. The Kier molecular flexibility index (Phi) is 7.65. The van der Waals surface area contributed by atoms with Gasteiger partial charge in [-0.15, -0.1) is 10.2 Å². The second-order valence-electron chi connectivity index (χ2n) is 8.50. The van der Waals surface area contributed by atoms with Gasteiger partial charge in [0.2, 0.25) is 12.3 Å². The molecule has 202 valence electrons. The Morgan fingerprint density at radius 1 is 1.03 bits per heavy atom. The summed E-state index contributed by atoms with van der Waals surface area (Å²) in [7, 11) is 0. The predicted molar refractivity (Wildman–Crippen MR) is 132 cm³/mol. The van der Waals surface area contributed by atoms with Crippen LogP contribution in [0.2, 0.25) is 0 Å². The van der Waals surface area contributed by atoms with Crippen molar-refractivity contribution in [2.24, 2.45) is 0 Å². The summed E-state index contributed by atoms with van der Waals surface area (Å²) in [5.74, 6) is 0.725. The zero-order valence-corrected chi connectivity index (χ0v) is 20.3. The van der Waals surface area contributed by atoms with E-state index in [0.717, 1.165) is 12.1 Å². The number of morpholine rings is 1. The van der Waals surface area contributed by atoms with E-state index in [1.165, 1.54) is 30.9 Å². The lowest BCUT2D eigenvalue weighted by Crippen LogP contribution is -2.35. The van der Waals surface area contributed by atoms with Crippen LogP contribution in [-0.4, -0.2) is 57.4 Å². The molecule has 0 saturated carbocycles. The van der Waals surface area contributed by atoms with Gasteiger partial charge < -0.3 is 24.5 Å². The molecule has 2 amide bonds. The summed E-state index contributed by atoms with van der Waals surface area (Å²) < 4.78 is 56.8. The molecule has 1 aliphatic heterocycles. The van der Waals surface area contributed by atoms with Crippen LogP contribution < -0.4 is 15.4 Å². The smallest absolute Gasteiger partial charge is 0.416 e. The van der Waals surface area contributed by atoms with Gasteiger partial charge in [-0.2, -0.15) is 13.2 Å². The molecule has 0 aliphatic carbocycles. The number of hydrogen-bond acceptors (Lipinski definition) is 9. The molecule has 1 aliphatic rings. The van der Waals surface area contributed by atoms with Gasteiger partial charge in [0.15, 0.2) is 0 Å². The van der Waals surface area contributed by atoms with Crippen molar-refractivity contribution in [3.05, 3.63) is 72.4 Å². The Hall–Kier alpha value is -4.56. The van der Waals surface area contributed by atoms with Gasteiger partial charge in [-0.05, 0) is 35.9 Å². The number of rotatable bonds is 7. The molecular weight excluding hydrogens is 519 g/mol. The third kappa shape index (κ3) is 7.06. The number of amides is 2. The number of anilines is 2. The molecule has 2 N–H and O–H groups in total. The van der Waals surface area contributed by atoms with E-state index in [9.17, 15) is 18.0 Å². The molecule has 1 saturated heterocycles. The molecule has 1 fully saturated rings. The number of carbonyl (C=O) groups is 1. The third-order valence-electron chi connectivity index (χ3n) is 5.62. The fraction of sp³-hybridized carbons (Fsp3) is 0.240. The van der Waals surface area contributed by atoms with Crippen LogP contribution in [0.1, 0.15) is 11.1 Å². The van der Waals surface area contributed by atoms with Crippen LogP contribution in [0.25, 0.3) is 11.6 Å². The van der Waals surface area contributed by atoms with Gasteiger partial charge in [-0.3, -0.25) is 4.90 Å². The lowest BCUT2D eigenvalue weighted by Gasteiger charge is -2.27. The van der Waals surface area contributed by atoms with Gasteiger partial charge in [0.05, 0.1) is 18.8 Å². The van der Waals surface area contributed by atoms with Crippen LogP contribution in [0, 0.1) is 0 Å². The molecule has 2 aromatic heterocycles. The van der Waals surface area contributed by atoms with E-state index in [-0.39, 0.29) is 17.5 Å². The van der Waals surface area contributed by atoms with E-state index in [1.807, 2.05) is 4.90 Å². The molecule has 0 bridgehead atoms. The lowest BCUT2D eigenvalue weighted by molar-refractivity contribution is -0.137. The van der Waals surface area contributed by atoms with E-state index < -0.39 is 17.8 Å². The van der Waals surface area contributed by atoms with Crippen molar-refractivity contribution in [2.45, 2.75) is 12.7 Å². The van der Waals surface area contributed by atoms with E-state index in [4.69, 9.17) is 13.9 Å². The second kappa shape index (κ2) is 11.4. The Bertz CT molecular complexity index is 1430. The molecule has 14 heteroatoms. The quantitative estimate of drug-likeness (QED) is 0.339. The number of nitrogens with zero attached hydrogens (tertiary/aromatic N) is 5. The minimum atomic E-state index is -4.57. The first-order valence-electron chi connectivity index (χ1n) is 11.8. The third-order valence-corrected chi connectivity index (χ3v) is 5.62. The average molecular weight is 541 g/mol. The summed E-state index contributed by atoms with van der Waals surface area (Å²) in [6.45, 7) is 2.58. The first kappa shape index (κ1) is 26.1. The molecule has 3 heterocycles. The number of benzene rings is 2. The molecule has 5 rings (SSSR count). The van der Waals surface area contributed by atoms with Crippen molar-refractivity contribution in [3.8, 4) is 23.2 Å². The van der Waals surface area contributed by atoms with E-state index >= 15 is 0 Å². The first-order chi connectivity index (χ1) is 18.8. The number of ether oxygens (including phenoxy) is 2. The fourth-order valence-electron chi connectivity index (χ4n) is 3.89. The number of carbonyl (C=O) groups excluding carboxylic acids is 1. The van der Waals surface area contributed by atoms with Crippen LogP contribution in [0.4, 0.5) is 29.3 Å². The van der Waals surface area contributed by atoms with Gasteiger partial charge in [0, 0.05) is 43.1 Å². The molecule has 4 aromatic rings. The normalized spacial score (nSPS) is 14.1. The van der Waals surface area contributed by atoms with Crippen molar-refractivity contribution >= 4 is 17.4 Å². The molecule has 0 spiro atoms. The monoisotopic (exact) mass is 541 g/mol. The molecule has 0 unspecified atom stereocenters. The summed E-state index contributed by atoms with van der Waals surface area (Å²) in [4.78, 5) is 22.8. The standard InChI is InChI=1S/C25H22F3N7O4/c26-25(27,28)17-8-16(13-35-4-6-37-7-5-35)9-19(10-17)33-24(36)32-18-2-1-3-20(11-18)39-22-12-21(29-14-30-22)23-34-31-15-38-23/h1-3,8-12,14-15H,4-7,13H2,(H2,32,33,36). The molecule has 0 radical (unpaired) electrons. The van der Waals surface area contributed by atoms with Gasteiger partial charge in [-0.25, -0.2) is 14.8 Å². The SMILES string of the molecule is O=C(Nc1cccc(Oc2cc(-c3nnco3)ncn2)c1)Nc1cc(CN2CCOCC2)cc(C(F)(F)F)c1. The number of urea groups is 1. The Morgan fingerprint density at radius 2 is 1.85 bits per heavy atom. The minimum Gasteiger partial charge on any atom is -0.439 e. The van der Waals surface area contributed by atoms with Crippen molar-refractivity contribution in [3.63, 3.8) is 0 Å². The number of hydrogen-bond donors (Lipinski definition) is 2. The van der Waals surface area contributed by atoms with Crippen LogP contribution in [0.5, 0.6) is 11.6 Å². The molecule has 39 heavy (non-hydrogen) atoms. The van der Waals surface area contributed by atoms with Crippen molar-refractivity contribution < 1.29 is 31.9 Å². The van der Waals surface area contributed by atoms with Crippen molar-refractivity contribution in [1.29, 1.82) is 0 Å². The highest BCUT2D eigenvalue weighted by atomic mass is 19.4. The molecule has 11 nitrogen and oxygen atoms in total. The molecule has 2 aromatic carbocycles. The summed E-state index contributed by atoms with van der Waals surface area (Å²) in [5, 5.41) is 12.5. The number of aromatic nitrogens is 4. The summed E-state index contributed by atoms with van der Waals surface area (Å²) in [6.07, 6.45) is -2.13. The summed E-state index contributed by atoms with van der Waals surface area (Å²) >= 11 is 0. The molecule has 0 atom stereocenters. The predicted octanol–water partition coefficient (Wildman–Crippen LogP) is 4.81. The van der Waals surface area contributed by atoms with Gasteiger partial charge in [0.1, 0.15) is 17.8 Å². The lowest BCUT2D eigenvalue weighted by atomic mass is 10.1. The Morgan fingerprint density at radius 3 is 2.62 bits per heavy atom. The summed E-state index contributed by atoms with van der Waals surface area (Å²) in [6, 6.07) is 10.7. The highest BCUT2D eigenvalue weighted by Crippen LogP contribution is 2.32. The van der Waals surface area contributed by atoms with Crippen LogP contribution >= 0.6 is 0 Å². The van der Waals surface area contributed by atoms with E-state index in [0.29, 0.717) is 55.5 Å². The number of halogens is 3. The zero-order valence-electron chi connectivity index (χ0n) is 20.3. The van der Waals surface area contributed by atoms with Crippen molar-refractivity contribution in [2.75, 3.05) is 36.9 Å². The van der Waals surface area contributed by atoms with Gasteiger partial charge in [-0.1, -0.05) is 6.07 Å². The first-order valence-corrected chi connectivity index (χ1v) is 11.8. The topological polar surface area (TPSA) is 128 Å². The van der Waals surface area contributed by atoms with Gasteiger partial charge >= 0.3 is 12.2 Å². The van der Waals surface area contributed by atoms with Crippen LogP contribution in [0.3, 0.4) is 0 Å². The van der Waals surface area contributed by atoms with Gasteiger partial charge in [0.25, 0.3) is 5.89 Å². The highest BCUT2D eigenvalue weighted by molar-refractivity contribution is 6.00. The van der Waals surface area contributed by atoms with E-state index in [2.05, 4.69) is 30.8 Å². The highest BCUT2D eigenvalue weighted by Gasteiger charge is 2.31. The second-order valence-corrected chi connectivity index (χ2v) is 8.50. The number of nitrogens with one attached hydrogen (secondary N) is 2. The maximum atomic E-state index is 13.5. The molecular formula is C25H22F3N7O4. The van der Waals surface area contributed by atoms with E-state index in [1.54, 1.807) is 18.2 Å². The Balaban J connectivity index is 1.26. The average Bonchev–Trinajstić information content (AvgIpc) is 3.44. The minimum absolute atomic E-state index is 0.0209. The van der Waals surface area contributed by atoms with Crippen molar-refractivity contribution in [1.82, 2.24) is 25.1 Å². The maximum Gasteiger partial charge on any atom is 0.416 e. The summed E-state index contributed by atoms with van der Waals surface area (Å²) in [5.41, 5.74) is 0.315. The largest absolute Gasteiger partial charge is 0.439 e. The van der Waals surface area contributed by atoms with Crippen LogP contribution in [0.15, 0.2) is 65.7 Å².